The minimum absolute atomic E-state index is 0.0407. The third-order valence-corrected chi connectivity index (χ3v) is 2.58. The minimum atomic E-state index is -2.30. The highest BCUT2D eigenvalue weighted by Gasteiger charge is 2.38. The van der Waals surface area contributed by atoms with E-state index in [0.717, 1.165) is 11.8 Å². The molecule has 1 aliphatic rings. The van der Waals surface area contributed by atoms with Crippen molar-refractivity contribution in [3.05, 3.63) is 29.8 Å². The lowest BCUT2D eigenvalue weighted by atomic mass is 10.1. The SMILES string of the molecule is CC(F)(OC=O)N1CNC(=O)c2ccccc21. The molecule has 0 radical (unpaired) electrons. The van der Waals surface area contributed by atoms with E-state index < -0.39 is 5.98 Å². The Morgan fingerprint density at radius 1 is 1.53 bits per heavy atom. The van der Waals surface area contributed by atoms with Gasteiger partial charge in [0.05, 0.1) is 17.9 Å². The van der Waals surface area contributed by atoms with Crippen LogP contribution in [-0.2, 0) is 9.53 Å². The maximum Gasteiger partial charge on any atom is 0.332 e. The standard InChI is InChI=1S/C11H11FN2O3/c1-11(12,17-7-15)14-6-13-10(16)8-4-2-3-5-9(8)14/h2-5,7H,6H2,1H3,(H,13,16). The number of benzene rings is 1. The number of carbonyl (C=O) groups excluding carboxylic acids is 2. The molecule has 1 amide bonds. The Balaban J connectivity index is 2.42. The van der Waals surface area contributed by atoms with Crippen LogP contribution in [0.2, 0.25) is 0 Å². The monoisotopic (exact) mass is 238 g/mol. The number of nitrogens with zero attached hydrogens (tertiary/aromatic N) is 1. The normalized spacial score (nSPS) is 17.8. The molecule has 1 N–H and O–H groups in total. The molecule has 0 bridgehead atoms. The molecule has 1 aliphatic heterocycles. The Morgan fingerprint density at radius 3 is 2.94 bits per heavy atom. The molecule has 1 atom stereocenters. The number of anilines is 1. The van der Waals surface area contributed by atoms with E-state index in [1.54, 1.807) is 24.3 Å². The van der Waals surface area contributed by atoms with E-state index in [1.165, 1.54) is 0 Å². The molecule has 0 fully saturated rings. The van der Waals surface area contributed by atoms with Gasteiger partial charge in [-0.2, -0.15) is 4.39 Å². The van der Waals surface area contributed by atoms with Gasteiger partial charge in [0.2, 0.25) is 0 Å². The number of amides is 1. The quantitative estimate of drug-likeness (QED) is 0.630. The number of halogens is 1. The number of para-hydroxylation sites is 1. The first-order valence-corrected chi connectivity index (χ1v) is 5.01. The van der Waals surface area contributed by atoms with Gasteiger partial charge in [-0.25, -0.2) is 0 Å². The summed E-state index contributed by atoms with van der Waals surface area (Å²) >= 11 is 0. The van der Waals surface area contributed by atoms with E-state index in [1.807, 2.05) is 0 Å². The average molecular weight is 238 g/mol. The Morgan fingerprint density at radius 2 is 2.24 bits per heavy atom. The molecule has 1 aromatic rings. The molecule has 0 spiro atoms. The van der Waals surface area contributed by atoms with Gasteiger partial charge >= 0.3 is 5.98 Å². The zero-order valence-corrected chi connectivity index (χ0v) is 9.14. The zero-order valence-electron chi connectivity index (χ0n) is 9.14. The number of rotatable bonds is 3. The second-order valence-corrected chi connectivity index (χ2v) is 3.69. The van der Waals surface area contributed by atoms with Crippen molar-refractivity contribution in [3.63, 3.8) is 0 Å². The van der Waals surface area contributed by atoms with Crippen molar-refractivity contribution < 1.29 is 18.7 Å². The van der Waals surface area contributed by atoms with Crippen molar-refractivity contribution >= 4 is 18.1 Å². The molecule has 0 saturated carbocycles. The van der Waals surface area contributed by atoms with Crippen molar-refractivity contribution in [2.45, 2.75) is 12.9 Å². The van der Waals surface area contributed by atoms with Crippen LogP contribution in [0.4, 0.5) is 10.1 Å². The van der Waals surface area contributed by atoms with Crippen LogP contribution in [0.5, 0.6) is 0 Å². The number of ether oxygens (including phenoxy) is 1. The summed E-state index contributed by atoms with van der Waals surface area (Å²) in [5.74, 6) is -2.58. The zero-order chi connectivity index (χ0) is 12.5. The maximum atomic E-state index is 14.1. The topological polar surface area (TPSA) is 58.6 Å². The molecule has 0 saturated heterocycles. The van der Waals surface area contributed by atoms with Gasteiger partial charge in [0.15, 0.2) is 0 Å². The smallest absolute Gasteiger partial charge is 0.332 e. The van der Waals surface area contributed by atoms with Crippen molar-refractivity contribution in [2.24, 2.45) is 0 Å². The second-order valence-electron chi connectivity index (χ2n) is 3.69. The first-order valence-electron chi connectivity index (χ1n) is 5.01. The van der Waals surface area contributed by atoms with Gasteiger partial charge in [-0.3, -0.25) is 14.5 Å². The van der Waals surface area contributed by atoms with Crippen LogP contribution < -0.4 is 10.2 Å². The number of alkyl halides is 1. The number of fused-ring (bicyclic) bond motifs is 1. The summed E-state index contributed by atoms with van der Waals surface area (Å²) in [5.41, 5.74) is 0.736. The molecule has 0 aliphatic carbocycles. The average Bonchev–Trinajstić information content (AvgIpc) is 2.29. The van der Waals surface area contributed by atoms with E-state index in [-0.39, 0.29) is 19.0 Å². The van der Waals surface area contributed by atoms with Crippen molar-refractivity contribution in [1.82, 2.24) is 5.32 Å². The molecular formula is C11H11FN2O3. The van der Waals surface area contributed by atoms with Crippen LogP contribution in [0.3, 0.4) is 0 Å². The molecule has 90 valence electrons. The summed E-state index contributed by atoms with van der Waals surface area (Å²) in [6.45, 7) is 1.09. The lowest BCUT2D eigenvalue weighted by Gasteiger charge is -2.38. The predicted molar refractivity (Wildman–Crippen MR) is 57.9 cm³/mol. The van der Waals surface area contributed by atoms with Crippen LogP contribution in [0.15, 0.2) is 24.3 Å². The second kappa shape index (κ2) is 4.04. The Hall–Kier alpha value is -2.11. The van der Waals surface area contributed by atoms with Gasteiger partial charge in [0, 0.05) is 6.92 Å². The van der Waals surface area contributed by atoms with E-state index in [9.17, 15) is 14.0 Å². The van der Waals surface area contributed by atoms with Crippen LogP contribution in [0, 0.1) is 0 Å². The van der Waals surface area contributed by atoms with Gasteiger partial charge < -0.3 is 10.1 Å². The van der Waals surface area contributed by atoms with Crippen LogP contribution in [-0.4, -0.2) is 25.0 Å². The summed E-state index contributed by atoms with van der Waals surface area (Å²) < 4.78 is 18.5. The molecule has 1 heterocycles. The van der Waals surface area contributed by atoms with Crippen LogP contribution in [0.25, 0.3) is 0 Å². The third kappa shape index (κ3) is 1.93. The van der Waals surface area contributed by atoms with E-state index in [0.29, 0.717) is 11.3 Å². The summed E-state index contributed by atoms with van der Waals surface area (Å²) in [4.78, 5) is 23.0. The number of hydrogen-bond donors (Lipinski definition) is 1. The molecule has 1 unspecified atom stereocenters. The summed E-state index contributed by atoms with van der Waals surface area (Å²) in [7, 11) is 0. The van der Waals surface area contributed by atoms with E-state index in [4.69, 9.17) is 0 Å². The van der Waals surface area contributed by atoms with Crippen molar-refractivity contribution in [3.8, 4) is 0 Å². The van der Waals surface area contributed by atoms with Crippen molar-refractivity contribution in [1.29, 1.82) is 0 Å². The minimum Gasteiger partial charge on any atom is -0.412 e. The Bertz CT molecular complexity index is 462. The number of nitrogens with one attached hydrogen (secondary N) is 1. The Kier molecular flexibility index (Phi) is 2.71. The van der Waals surface area contributed by atoms with Gasteiger partial charge in [-0.15, -0.1) is 0 Å². The van der Waals surface area contributed by atoms with Crippen LogP contribution >= 0.6 is 0 Å². The third-order valence-electron chi connectivity index (χ3n) is 2.58. The highest BCUT2D eigenvalue weighted by Crippen LogP contribution is 2.30. The first kappa shape index (κ1) is 11.4. The molecule has 0 aromatic heterocycles. The summed E-state index contributed by atoms with van der Waals surface area (Å²) in [6, 6.07) is 6.54. The molecule has 2 rings (SSSR count). The fourth-order valence-electron chi connectivity index (χ4n) is 1.74. The lowest BCUT2D eigenvalue weighted by molar-refractivity contribution is -0.161. The molecular weight excluding hydrogens is 227 g/mol. The molecule has 6 heteroatoms. The van der Waals surface area contributed by atoms with E-state index in [2.05, 4.69) is 10.1 Å². The maximum absolute atomic E-state index is 14.1. The van der Waals surface area contributed by atoms with Gasteiger partial charge in [0.25, 0.3) is 12.4 Å². The van der Waals surface area contributed by atoms with Gasteiger partial charge in [-0.1, -0.05) is 12.1 Å². The highest BCUT2D eigenvalue weighted by molar-refractivity contribution is 6.01. The first-order chi connectivity index (χ1) is 8.06. The van der Waals surface area contributed by atoms with E-state index >= 15 is 0 Å². The highest BCUT2D eigenvalue weighted by atomic mass is 19.2. The molecule has 17 heavy (non-hydrogen) atoms. The van der Waals surface area contributed by atoms with Crippen molar-refractivity contribution in [2.75, 3.05) is 11.6 Å². The fourth-order valence-corrected chi connectivity index (χ4v) is 1.74. The largest absolute Gasteiger partial charge is 0.412 e. The number of carbonyl (C=O) groups is 2. The predicted octanol–water partition coefficient (Wildman–Crippen LogP) is 1.01. The molecule has 1 aromatic carbocycles. The summed E-state index contributed by atoms with van der Waals surface area (Å²) in [5, 5.41) is 2.50. The van der Waals surface area contributed by atoms with Gasteiger partial charge in [-0.05, 0) is 12.1 Å². The van der Waals surface area contributed by atoms with Crippen LogP contribution in [0.1, 0.15) is 17.3 Å². The summed E-state index contributed by atoms with van der Waals surface area (Å²) in [6.07, 6.45) is 0. The number of hydrogen-bond acceptors (Lipinski definition) is 4. The fraction of sp³-hybridized carbons (Fsp3) is 0.273. The molecule has 5 nitrogen and oxygen atoms in total. The van der Waals surface area contributed by atoms with Gasteiger partial charge in [0.1, 0.15) is 0 Å². The Labute approximate surface area is 97.2 Å². The lowest BCUT2D eigenvalue weighted by Crippen LogP contribution is -2.54.